The predicted octanol–water partition coefficient (Wildman–Crippen LogP) is 4.81. The Balaban J connectivity index is 2.22. The molecule has 0 unspecified atom stereocenters. The van der Waals surface area contributed by atoms with Crippen LogP contribution in [0.25, 0.3) is 0 Å². The van der Waals surface area contributed by atoms with E-state index in [4.69, 9.17) is 0 Å². The van der Waals surface area contributed by atoms with Crippen LogP contribution in [0, 0.1) is 6.92 Å². The number of carbonyl (C=O) groups excluding carboxylic acids is 2. The van der Waals surface area contributed by atoms with Crippen molar-refractivity contribution in [3.05, 3.63) is 65.7 Å². The molecule has 0 bridgehead atoms. The summed E-state index contributed by atoms with van der Waals surface area (Å²) in [6, 6.07) is 17.5. The summed E-state index contributed by atoms with van der Waals surface area (Å²) in [4.78, 5) is 28.9. The quantitative estimate of drug-likeness (QED) is 0.570. The van der Waals surface area contributed by atoms with Gasteiger partial charge in [0.15, 0.2) is 0 Å². The van der Waals surface area contributed by atoms with Gasteiger partial charge in [-0.25, -0.2) is 0 Å². The van der Waals surface area contributed by atoms with Gasteiger partial charge in [0.2, 0.25) is 11.8 Å². The average molecular weight is 413 g/mol. The molecule has 0 heterocycles. The third kappa shape index (κ3) is 6.93. The Morgan fingerprint density at radius 2 is 1.66 bits per heavy atom. The van der Waals surface area contributed by atoms with Gasteiger partial charge in [0.25, 0.3) is 0 Å². The number of thioether (sulfide) groups is 1. The van der Waals surface area contributed by atoms with Crippen molar-refractivity contribution in [2.24, 2.45) is 0 Å². The van der Waals surface area contributed by atoms with Crippen LogP contribution in [0.5, 0.6) is 0 Å². The van der Waals surface area contributed by atoms with Gasteiger partial charge < -0.3 is 10.2 Å². The largest absolute Gasteiger partial charge is 0.352 e. The van der Waals surface area contributed by atoms with Gasteiger partial charge in [-0.3, -0.25) is 9.59 Å². The number of hydrogen-bond acceptors (Lipinski definition) is 3. The number of nitrogens with zero attached hydrogens (tertiary/aromatic N) is 1. The molecule has 2 aromatic carbocycles. The number of amides is 2. The van der Waals surface area contributed by atoms with Gasteiger partial charge >= 0.3 is 0 Å². The van der Waals surface area contributed by atoms with Crippen LogP contribution in [0.1, 0.15) is 44.7 Å². The lowest BCUT2D eigenvalue weighted by Gasteiger charge is -2.32. The van der Waals surface area contributed by atoms with Gasteiger partial charge in [0, 0.05) is 17.5 Å². The molecule has 0 spiro atoms. The molecule has 0 aliphatic carbocycles. The molecule has 1 N–H and O–H groups in total. The van der Waals surface area contributed by atoms with E-state index in [1.165, 1.54) is 11.8 Å². The number of aryl methyl sites for hydroxylation is 1. The molecular formula is C24H32N2O2S. The van der Waals surface area contributed by atoms with Crippen molar-refractivity contribution >= 4 is 23.6 Å². The van der Waals surface area contributed by atoms with E-state index >= 15 is 0 Å². The van der Waals surface area contributed by atoms with Gasteiger partial charge in [0.05, 0.1) is 5.75 Å². The van der Waals surface area contributed by atoms with Crippen LogP contribution in [-0.4, -0.2) is 34.6 Å². The minimum atomic E-state index is -0.479. The molecule has 2 aromatic rings. The summed E-state index contributed by atoms with van der Waals surface area (Å²) in [5.74, 6) is 0.213. The monoisotopic (exact) mass is 412 g/mol. The summed E-state index contributed by atoms with van der Waals surface area (Å²) in [5, 5.41) is 3.05. The zero-order valence-corrected chi connectivity index (χ0v) is 18.7. The first kappa shape index (κ1) is 23.0. The van der Waals surface area contributed by atoms with Gasteiger partial charge in [-0.05, 0) is 49.9 Å². The molecule has 0 saturated carbocycles. The SMILES string of the molecule is CC[C@@H](C)NC(=O)[C@@H](CC)N(Cc1ccccc1C)C(=O)CSc1ccccc1. The zero-order chi connectivity index (χ0) is 21.2. The van der Waals surface area contributed by atoms with Crippen molar-refractivity contribution in [2.75, 3.05) is 5.75 Å². The number of rotatable bonds is 10. The van der Waals surface area contributed by atoms with E-state index in [0.717, 1.165) is 22.4 Å². The molecule has 156 valence electrons. The molecular weight excluding hydrogens is 380 g/mol. The van der Waals surface area contributed by atoms with Crippen molar-refractivity contribution < 1.29 is 9.59 Å². The van der Waals surface area contributed by atoms with E-state index < -0.39 is 6.04 Å². The maximum atomic E-state index is 13.2. The molecule has 5 heteroatoms. The topological polar surface area (TPSA) is 49.4 Å². The van der Waals surface area contributed by atoms with Gasteiger partial charge in [-0.2, -0.15) is 0 Å². The van der Waals surface area contributed by atoms with Crippen LogP contribution in [0.15, 0.2) is 59.5 Å². The highest BCUT2D eigenvalue weighted by Crippen LogP contribution is 2.21. The molecule has 2 amide bonds. The van der Waals surface area contributed by atoms with Crippen LogP contribution < -0.4 is 5.32 Å². The Morgan fingerprint density at radius 3 is 2.28 bits per heavy atom. The van der Waals surface area contributed by atoms with Crippen molar-refractivity contribution in [1.29, 1.82) is 0 Å². The average Bonchev–Trinajstić information content (AvgIpc) is 2.73. The third-order valence-electron chi connectivity index (χ3n) is 5.09. The lowest BCUT2D eigenvalue weighted by molar-refractivity contribution is -0.139. The molecule has 0 aromatic heterocycles. The molecule has 0 aliphatic heterocycles. The van der Waals surface area contributed by atoms with E-state index in [1.54, 1.807) is 4.90 Å². The molecule has 0 radical (unpaired) electrons. The first-order valence-electron chi connectivity index (χ1n) is 10.3. The number of hydrogen-bond donors (Lipinski definition) is 1. The van der Waals surface area contributed by atoms with Gasteiger partial charge in [-0.15, -0.1) is 11.8 Å². The summed E-state index contributed by atoms with van der Waals surface area (Å²) in [7, 11) is 0. The minimum absolute atomic E-state index is 0.0201. The maximum Gasteiger partial charge on any atom is 0.243 e. The van der Waals surface area contributed by atoms with Crippen molar-refractivity contribution in [3.8, 4) is 0 Å². The Hall–Kier alpha value is -2.27. The number of benzene rings is 2. The maximum absolute atomic E-state index is 13.2. The van der Waals surface area contributed by atoms with Crippen LogP contribution in [0.3, 0.4) is 0 Å². The van der Waals surface area contributed by atoms with Gasteiger partial charge in [0.1, 0.15) is 6.04 Å². The summed E-state index contributed by atoms with van der Waals surface area (Å²) in [6.45, 7) is 8.47. The number of carbonyl (C=O) groups is 2. The molecule has 2 atom stereocenters. The molecule has 2 rings (SSSR count). The highest BCUT2D eigenvalue weighted by molar-refractivity contribution is 8.00. The normalized spacial score (nSPS) is 12.8. The fourth-order valence-electron chi connectivity index (χ4n) is 3.08. The minimum Gasteiger partial charge on any atom is -0.352 e. The first-order chi connectivity index (χ1) is 14.0. The summed E-state index contributed by atoms with van der Waals surface area (Å²) >= 11 is 1.51. The highest BCUT2D eigenvalue weighted by Gasteiger charge is 2.29. The molecule has 0 aliphatic rings. The standard InChI is InChI=1S/C24H32N2O2S/c1-5-19(4)25-24(28)22(6-2)26(16-20-13-11-10-12-18(20)3)23(27)17-29-21-14-8-7-9-15-21/h7-15,19,22H,5-6,16-17H2,1-4H3,(H,25,28)/t19-,22-/m1/s1. The second kappa shape index (κ2) is 11.7. The summed E-state index contributed by atoms with van der Waals surface area (Å²) < 4.78 is 0. The molecule has 0 saturated heterocycles. The van der Waals surface area contributed by atoms with E-state index in [1.807, 2.05) is 82.3 Å². The molecule has 29 heavy (non-hydrogen) atoms. The fourth-order valence-corrected chi connectivity index (χ4v) is 3.88. The fraction of sp³-hybridized carbons (Fsp3) is 0.417. The Labute approximate surface area is 179 Å². The van der Waals surface area contributed by atoms with E-state index in [0.29, 0.717) is 18.7 Å². The van der Waals surface area contributed by atoms with E-state index in [2.05, 4.69) is 5.32 Å². The second-order valence-electron chi connectivity index (χ2n) is 7.29. The van der Waals surface area contributed by atoms with Crippen molar-refractivity contribution in [1.82, 2.24) is 10.2 Å². The Morgan fingerprint density at radius 1 is 1.00 bits per heavy atom. The van der Waals surface area contributed by atoms with Gasteiger partial charge in [-0.1, -0.05) is 56.3 Å². The third-order valence-corrected chi connectivity index (χ3v) is 6.09. The van der Waals surface area contributed by atoms with Crippen LogP contribution in [-0.2, 0) is 16.1 Å². The van der Waals surface area contributed by atoms with Crippen molar-refractivity contribution in [2.45, 2.75) is 64.1 Å². The van der Waals surface area contributed by atoms with E-state index in [9.17, 15) is 9.59 Å². The highest BCUT2D eigenvalue weighted by atomic mass is 32.2. The lowest BCUT2D eigenvalue weighted by atomic mass is 10.1. The lowest BCUT2D eigenvalue weighted by Crippen LogP contribution is -2.51. The Kier molecular flexibility index (Phi) is 9.26. The summed E-state index contributed by atoms with van der Waals surface area (Å²) in [6.07, 6.45) is 1.44. The molecule has 0 fully saturated rings. The van der Waals surface area contributed by atoms with Crippen LogP contribution in [0.4, 0.5) is 0 Å². The van der Waals surface area contributed by atoms with Crippen LogP contribution >= 0.6 is 11.8 Å². The summed E-state index contributed by atoms with van der Waals surface area (Å²) in [5.41, 5.74) is 2.19. The van der Waals surface area contributed by atoms with E-state index in [-0.39, 0.29) is 17.9 Å². The molecule has 4 nitrogen and oxygen atoms in total. The van der Waals surface area contributed by atoms with Crippen molar-refractivity contribution in [3.63, 3.8) is 0 Å². The first-order valence-corrected chi connectivity index (χ1v) is 11.3. The zero-order valence-electron chi connectivity index (χ0n) is 17.9. The Bertz CT molecular complexity index is 794. The predicted molar refractivity (Wildman–Crippen MR) is 121 cm³/mol. The number of nitrogens with one attached hydrogen (secondary N) is 1. The smallest absolute Gasteiger partial charge is 0.243 e. The second-order valence-corrected chi connectivity index (χ2v) is 8.34. The van der Waals surface area contributed by atoms with Crippen LogP contribution in [0.2, 0.25) is 0 Å².